The normalized spacial score (nSPS) is 10.4. The zero-order valence-corrected chi connectivity index (χ0v) is 12.0. The number of nitrogens with one attached hydrogen (secondary N) is 1. The number of methoxy groups -OCH3 is 1. The van der Waals surface area contributed by atoms with Gasteiger partial charge in [0.15, 0.2) is 5.82 Å². The molecule has 0 spiro atoms. The molecular weight excluding hydrogens is 318 g/mol. The molecule has 1 N–H and O–H groups in total. The van der Waals surface area contributed by atoms with Gasteiger partial charge in [-0.25, -0.2) is 9.97 Å². The molecule has 0 fully saturated rings. The molecule has 0 aliphatic rings. The minimum atomic E-state index is 0.329. The van der Waals surface area contributed by atoms with Crippen LogP contribution in [0.2, 0.25) is 5.15 Å². The lowest BCUT2D eigenvalue weighted by Crippen LogP contribution is -2.01. The first-order valence-corrected chi connectivity index (χ1v) is 6.39. The highest BCUT2D eigenvalue weighted by molar-refractivity contribution is 9.10. The van der Waals surface area contributed by atoms with Gasteiger partial charge in [0, 0.05) is 23.3 Å². The molecule has 0 saturated heterocycles. The molecule has 2 rings (SSSR count). The molecule has 1 aromatic carbocycles. The number of nitrogens with zero attached hydrogens (tertiary/aromatic N) is 2. The highest BCUT2D eigenvalue weighted by atomic mass is 79.9. The van der Waals surface area contributed by atoms with Gasteiger partial charge in [-0.1, -0.05) is 27.5 Å². The smallest absolute Gasteiger partial charge is 0.158 e. The summed E-state index contributed by atoms with van der Waals surface area (Å²) in [6, 6.07) is 9.44. The number of hydrogen-bond donors (Lipinski definition) is 1. The number of halogens is 2. The Balaban J connectivity index is 2.20. The first-order valence-electron chi connectivity index (χ1n) is 5.22. The zero-order chi connectivity index (χ0) is 13.0. The first kappa shape index (κ1) is 13.3. The molecule has 1 heterocycles. The molecule has 94 valence electrons. The topological polar surface area (TPSA) is 47.0 Å². The van der Waals surface area contributed by atoms with Gasteiger partial charge in [-0.05, 0) is 24.3 Å². The van der Waals surface area contributed by atoms with Crippen LogP contribution in [-0.4, -0.2) is 17.1 Å². The van der Waals surface area contributed by atoms with Crippen molar-refractivity contribution in [2.24, 2.45) is 0 Å². The molecule has 1 aromatic heterocycles. The number of anilines is 2. The predicted octanol–water partition coefficient (Wildman–Crippen LogP) is 3.78. The van der Waals surface area contributed by atoms with E-state index in [2.05, 4.69) is 31.2 Å². The largest absolute Gasteiger partial charge is 0.377 e. The van der Waals surface area contributed by atoms with E-state index in [9.17, 15) is 0 Å². The third kappa shape index (κ3) is 3.66. The summed E-state index contributed by atoms with van der Waals surface area (Å²) < 4.78 is 6.01. The molecule has 0 aliphatic carbocycles. The summed E-state index contributed by atoms with van der Waals surface area (Å²) in [6.07, 6.45) is 0. The van der Waals surface area contributed by atoms with Gasteiger partial charge in [0.2, 0.25) is 0 Å². The second-order valence-electron chi connectivity index (χ2n) is 3.56. The van der Waals surface area contributed by atoms with Crippen molar-refractivity contribution in [3.05, 3.63) is 45.8 Å². The van der Waals surface area contributed by atoms with Crippen molar-refractivity contribution in [1.29, 1.82) is 0 Å². The summed E-state index contributed by atoms with van der Waals surface area (Å²) >= 11 is 9.31. The van der Waals surface area contributed by atoms with Gasteiger partial charge in [0.05, 0.1) is 0 Å². The minimum absolute atomic E-state index is 0.329. The van der Waals surface area contributed by atoms with E-state index in [1.165, 1.54) is 0 Å². The van der Waals surface area contributed by atoms with Crippen LogP contribution >= 0.6 is 27.5 Å². The fourth-order valence-electron chi connectivity index (χ4n) is 1.40. The second kappa shape index (κ2) is 6.13. The summed E-state index contributed by atoms with van der Waals surface area (Å²) in [5.74, 6) is 1.19. The zero-order valence-electron chi connectivity index (χ0n) is 9.65. The summed E-state index contributed by atoms with van der Waals surface area (Å²) in [5.41, 5.74) is 0.927. The van der Waals surface area contributed by atoms with Gasteiger partial charge in [-0.3, -0.25) is 0 Å². The Morgan fingerprint density at radius 2 is 2.00 bits per heavy atom. The SMILES string of the molecule is COCc1nc(Cl)cc(Nc2ccc(Br)cc2)n1. The predicted molar refractivity (Wildman–Crippen MR) is 75.2 cm³/mol. The van der Waals surface area contributed by atoms with Crippen LogP contribution in [0.5, 0.6) is 0 Å². The van der Waals surface area contributed by atoms with Crippen LogP contribution in [0.1, 0.15) is 5.82 Å². The number of hydrogen-bond acceptors (Lipinski definition) is 4. The third-order valence-electron chi connectivity index (χ3n) is 2.13. The van der Waals surface area contributed by atoms with Gasteiger partial charge in [0.1, 0.15) is 17.6 Å². The summed E-state index contributed by atoms with van der Waals surface area (Å²) in [4.78, 5) is 8.36. The Morgan fingerprint density at radius 3 is 2.67 bits per heavy atom. The maximum Gasteiger partial charge on any atom is 0.158 e. The standard InChI is InChI=1S/C12H11BrClN3O/c1-18-7-12-16-10(14)6-11(17-12)15-9-4-2-8(13)3-5-9/h2-6H,7H2,1H3,(H,15,16,17). The van der Waals surface area contributed by atoms with Gasteiger partial charge >= 0.3 is 0 Å². The van der Waals surface area contributed by atoms with E-state index in [1.54, 1.807) is 13.2 Å². The van der Waals surface area contributed by atoms with Crippen molar-refractivity contribution in [3.8, 4) is 0 Å². The van der Waals surface area contributed by atoms with Crippen molar-refractivity contribution in [2.45, 2.75) is 6.61 Å². The van der Waals surface area contributed by atoms with Crippen LogP contribution in [0.3, 0.4) is 0 Å². The van der Waals surface area contributed by atoms with Gasteiger partial charge in [0.25, 0.3) is 0 Å². The molecule has 4 nitrogen and oxygen atoms in total. The molecule has 0 bridgehead atoms. The van der Waals surface area contributed by atoms with Crippen molar-refractivity contribution < 1.29 is 4.74 Å². The summed E-state index contributed by atoms with van der Waals surface area (Å²) in [6.45, 7) is 0.329. The van der Waals surface area contributed by atoms with E-state index in [4.69, 9.17) is 16.3 Å². The molecule has 6 heteroatoms. The maximum absolute atomic E-state index is 5.92. The lowest BCUT2D eigenvalue weighted by Gasteiger charge is -2.07. The van der Waals surface area contributed by atoms with Crippen LogP contribution in [0.25, 0.3) is 0 Å². The number of ether oxygens (including phenoxy) is 1. The Bertz CT molecular complexity index is 533. The van der Waals surface area contributed by atoms with Crippen molar-refractivity contribution in [3.63, 3.8) is 0 Å². The van der Waals surface area contributed by atoms with E-state index < -0.39 is 0 Å². The van der Waals surface area contributed by atoms with Crippen LogP contribution in [0.15, 0.2) is 34.8 Å². The van der Waals surface area contributed by atoms with Gasteiger partial charge < -0.3 is 10.1 Å². The molecule has 0 amide bonds. The van der Waals surface area contributed by atoms with Crippen LogP contribution in [-0.2, 0) is 11.3 Å². The Kier molecular flexibility index (Phi) is 4.52. The summed E-state index contributed by atoms with van der Waals surface area (Å²) in [7, 11) is 1.59. The van der Waals surface area contributed by atoms with E-state index in [-0.39, 0.29) is 0 Å². The first-order chi connectivity index (χ1) is 8.67. The monoisotopic (exact) mass is 327 g/mol. The Morgan fingerprint density at radius 1 is 1.28 bits per heavy atom. The van der Waals surface area contributed by atoms with Crippen molar-refractivity contribution in [1.82, 2.24) is 9.97 Å². The maximum atomic E-state index is 5.92. The van der Waals surface area contributed by atoms with Crippen molar-refractivity contribution >= 4 is 39.0 Å². The fraction of sp³-hybridized carbons (Fsp3) is 0.167. The highest BCUT2D eigenvalue weighted by Crippen LogP contribution is 2.19. The third-order valence-corrected chi connectivity index (χ3v) is 2.85. The Hall–Kier alpha value is -1.17. The lowest BCUT2D eigenvalue weighted by atomic mass is 10.3. The van der Waals surface area contributed by atoms with Crippen LogP contribution < -0.4 is 5.32 Å². The molecule has 0 unspecified atom stereocenters. The second-order valence-corrected chi connectivity index (χ2v) is 4.86. The highest BCUT2D eigenvalue weighted by Gasteiger charge is 2.03. The molecule has 0 atom stereocenters. The van der Waals surface area contributed by atoms with E-state index in [1.807, 2.05) is 24.3 Å². The summed E-state index contributed by atoms with van der Waals surface area (Å²) in [5, 5.41) is 3.54. The molecule has 0 saturated carbocycles. The average molecular weight is 329 g/mol. The molecular formula is C12H11BrClN3O. The number of rotatable bonds is 4. The van der Waals surface area contributed by atoms with Gasteiger partial charge in [-0.2, -0.15) is 0 Å². The molecule has 0 aliphatic heterocycles. The molecule has 0 radical (unpaired) electrons. The molecule has 18 heavy (non-hydrogen) atoms. The number of aromatic nitrogens is 2. The molecule has 2 aromatic rings. The van der Waals surface area contributed by atoms with Crippen LogP contribution in [0, 0.1) is 0 Å². The van der Waals surface area contributed by atoms with E-state index in [0.717, 1.165) is 10.2 Å². The van der Waals surface area contributed by atoms with Gasteiger partial charge in [-0.15, -0.1) is 0 Å². The van der Waals surface area contributed by atoms with Crippen LogP contribution in [0.4, 0.5) is 11.5 Å². The average Bonchev–Trinajstić information content (AvgIpc) is 2.32. The Labute approximate surface area is 118 Å². The van der Waals surface area contributed by atoms with E-state index >= 15 is 0 Å². The fourth-order valence-corrected chi connectivity index (χ4v) is 1.87. The number of benzene rings is 1. The van der Waals surface area contributed by atoms with Crippen molar-refractivity contribution in [2.75, 3.05) is 12.4 Å². The minimum Gasteiger partial charge on any atom is -0.377 e. The quantitative estimate of drug-likeness (QED) is 0.868. The van der Waals surface area contributed by atoms with E-state index in [0.29, 0.717) is 23.4 Å². The lowest BCUT2D eigenvalue weighted by molar-refractivity contribution is 0.178.